The monoisotopic (exact) mass is 535 g/mol. The predicted octanol–water partition coefficient (Wildman–Crippen LogP) is 6.62. The van der Waals surface area contributed by atoms with E-state index in [1.807, 2.05) is 30.5 Å². The number of aromatic nitrogens is 6. The Morgan fingerprint density at radius 3 is 2.64 bits per heavy atom. The number of carbonyl (C=O) groups excluding carboxylic acids is 2. The van der Waals surface area contributed by atoms with Crippen molar-refractivity contribution in [1.82, 2.24) is 30.1 Å². The lowest BCUT2D eigenvalue weighted by atomic mass is 10.1. The highest BCUT2D eigenvalue weighted by molar-refractivity contribution is 7.17. The van der Waals surface area contributed by atoms with Crippen LogP contribution >= 0.6 is 11.3 Å². The molecule has 1 amide bonds. The van der Waals surface area contributed by atoms with Crippen LogP contribution in [0.4, 0.5) is 5.69 Å². The number of anilines is 1. The summed E-state index contributed by atoms with van der Waals surface area (Å²) in [5.41, 5.74) is 6.39. The first-order valence-electron chi connectivity index (χ1n) is 12.7. The second kappa shape index (κ2) is 10.2. The summed E-state index contributed by atoms with van der Waals surface area (Å²) >= 11 is 1.46. The number of pyridine rings is 3. The third kappa shape index (κ3) is 4.82. The van der Waals surface area contributed by atoms with Crippen molar-refractivity contribution in [2.45, 2.75) is 33.1 Å². The number of unbranched alkanes of at least 4 members (excludes halogenated alkanes) is 1. The van der Waals surface area contributed by atoms with Crippen LogP contribution in [0, 0.1) is 0 Å². The number of amides is 1. The lowest BCUT2D eigenvalue weighted by Gasteiger charge is -2.07. The van der Waals surface area contributed by atoms with Crippen LogP contribution in [0.25, 0.3) is 54.9 Å². The van der Waals surface area contributed by atoms with E-state index >= 15 is 0 Å². The molecule has 0 bridgehead atoms. The molecule has 0 atom stereocenters. The molecule has 3 N–H and O–H groups in total. The highest BCUT2D eigenvalue weighted by atomic mass is 32.1. The average Bonchev–Trinajstić information content (AvgIpc) is 3.69. The number of aromatic amines is 2. The largest absolute Gasteiger partial charge is 0.352 e. The van der Waals surface area contributed by atoms with Gasteiger partial charge in [-0.25, -0.2) is 4.98 Å². The van der Waals surface area contributed by atoms with Gasteiger partial charge < -0.3 is 10.3 Å². The van der Waals surface area contributed by atoms with E-state index in [1.54, 1.807) is 31.7 Å². The van der Waals surface area contributed by atoms with Crippen molar-refractivity contribution in [3.8, 4) is 33.0 Å². The highest BCUT2D eigenvalue weighted by Crippen LogP contribution is 2.36. The van der Waals surface area contributed by atoms with Crippen molar-refractivity contribution >= 4 is 50.7 Å². The van der Waals surface area contributed by atoms with E-state index in [1.165, 1.54) is 11.3 Å². The zero-order chi connectivity index (χ0) is 26.9. The van der Waals surface area contributed by atoms with Gasteiger partial charge in [-0.1, -0.05) is 13.3 Å². The van der Waals surface area contributed by atoms with E-state index < -0.39 is 0 Å². The van der Waals surface area contributed by atoms with Crippen molar-refractivity contribution in [2.75, 3.05) is 5.32 Å². The molecule has 6 rings (SSSR count). The van der Waals surface area contributed by atoms with E-state index in [2.05, 4.69) is 48.4 Å². The van der Waals surface area contributed by atoms with Gasteiger partial charge in [0, 0.05) is 57.4 Å². The molecule has 0 aliphatic carbocycles. The van der Waals surface area contributed by atoms with E-state index in [9.17, 15) is 9.59 Å². The summed E-state index contributed by atoms with van der Waals surface area (Å²) in [5.74, 6) is 0.0290. The summed E-state index contributed by atoms with van der Waals surface area (Å²) in [7, 11) is 0. The first kappa shape index (κ1) is 24.6. The van der Waals surface area contributed by atoms with Crippen molar-refractivity contribution < 1.29 is 9.59 Å². The minimum Gasteiger partial charge on any atom is -0.352 e. The Morgan fingerprint density at radius 2 is 1.82 bits per heavy atom. The summed E-state index contributed by atoms with van der Waals surface area (Å²) < 4.78 is 0. The number of nitrogens with one attached hydrogen (secondary N) is 3. The maximum absolute atomic E-state index is 12.2. The van der Waals surface area contributed by atoms with Gasteiger partial charge in [0.2, 0.25) is 5.91 Å². The molecular weight excluding hydrogens is 510 g/mol. The van der Waals surface area contributed by atoms with E-state index in [0.717, 1.165) is 62.1 Å². The molecule has 9 nitrogen and oxygen atoms in total. The molecule has 6 aromatic heterocycles. The van der Waals surface area contributed by atoms with E-state index in [0.29, 0.717) is 22.6 Å². The lowest BCUT2D eigenvalue weighted by Crippen LogP contribution is -2.11. The number of rotatable bonds is 8. The Morgan fingerprint density at radius 1 is 0.974 bits per heavy atom. The normalized spacial score (nSPS) is 11.3. The number of hydrogen-bond acceptors (Lipinski definition) is 7. The fourth-order valence-electron chi connectivity index (χ4n) is 4.54. The fourth-order valence-corrected chi connectivity index (χ4v) is 5.47. The van der Waals surface area contributed by atoms with Crippen molar-refractivity contribution in [3.05, 3.63) is 66.2 Å². The number of hydrogen-bond donors (Lipinski definition) is 3. The third-order valence-corrected chi connectivity index (χ3v) is 7.77. The van der Waals surface area contributed by atoms with Gasteiger partial charge in [-0.05, 0) is 43.7 Å². The summed E-state index contributed by atoms with van der Waals surface area (Å²) in [4.78, 5) is 42.5. The molecule has 0 fully saturated rings. The van der Waals surface area contributed by atoms with Gasteiger partial charge in [-0.15, -0.1) is 11.3 Å². The predicted molar refractivity (Wildman–Crippen MR) is 154 cm³/mol. The van der Waals surface area contributed by atoms with E-state index in [4.69, 9.17) is 0 Å². The van der Waals surface area contributed by atoms with Crippen LogP contribution in [0.5, 0.6) is 0 Å². The highest BCUT2D eigenvalue weighted by Gasteiger charge is 2.17. The second-order valence-corrected chi connectivity index (χ2v) is 10.4. The van der Waals surface area contributed by atoms with E-state index in [-0.39, 0.29) is 11.7 Å². The average molecular weight is 536 g/mol. The number of Topliss-reactive ketones (excluding diaryl/α,β-unsaturated/α-hetero) is 1. The summed E-state index contributed by atoms with van der Waals surface area (Å²) in [6, 6.07) is 9.78. The maximum Gasteiger partial charge on any atom is 0.224 e. The van der Waals surface area contributed by atoms with Gasteiger partial charge >= 0.3 is 0 Å². The molecule has 39 heavy (non-hydrogen) atoms. The Balaban J connectivity index is 1.36. The topological polar surface area (TPSA) is 129 Å². The molecular formula is C29H25N7O2S. The molecule has 194 valence electrons. The quantitative estimate of drug-likeness (QED) is 0.188. The minimum absolute atomic E-state index is 0.0192. The third-order valence-electron chi connectivity index (χ3n) is 6.55. The smallest absolute Gasteiger partial charge is 0.224 e. The van der Waals surface area contributed by atoms with Gasteiger partial charge in [0.25, 0.3) is 0 Å². The molecule has 0 radical (unpaired) electrons. The minimum atomic E-state index is -0.0192. The lowest BCUT2D eigenvalue weighted by molar-refractivity contribution is -0.116. The van der Waals surface area contributed by atoms with Crippen LogP contribution in [0.1, 0.15) is 42.8 Å². The van der Waals surface area contributed by atoms with Crippen molar-refractivity contribution in [1.29, 1.82) is 0 Å². The number of fused-ring (bicyclic) bond motifs is 2. The fraction of sp³-hybridized carbons (Fsp3) is 0.172. The molecule has 0 saturated carbocycles. The van der Waals surface area contributed by atoms with Gasteiger partial charge in [0.1, 0.15) is 5.69 Å². The summed E-state index contributed by atoms with van der Waals surface area (Å²) in [6.07, 6.45) is 11.1. The summed E-state index contributed by atoms with van der Waals surface area (Å²) in [5, 5.41) is 12.4. The van der Waals surface area contributed by atoms with Crippen LogP contribution in [0.3, 0.4) is 0 Å². The van der Waals surface area contributed by atoms with Gasteiger partial charge in [0.05, 0.1) is 34.2 Å². The van der Waals surface area contributed by atoms with Crippen LogP contribution in [0.2, 0.25) is 0 Å². The molecule has 6 heterocycles. The van der Waals surface area contributed by atoms with Crippen LogP contribution in [0.15, 0.2) is 61.3 Å². The molecule has 0 aliphatic rings. The number of thiophene rings is 1. The Kier molecular flexibility index (Phi) is 6.45. The Labute approximate surface area is 227 Å². The van der Waals surface area contributed by atoms with Crippen LogP contribution in [-0.2, 0) is 4.79 Å². The van der Waals surface area contributed by atoms with Crippen molar-refractivity contribution in [3.63, 3.8) is 0 Å². The first-order chi connectivity index (χ1) is 19.0. The number of H-pyrrole nitrogens is 2. The molecule has 0 unspecified atom stereocenters. The number of ketones is 1. The molecule has 0 spiro atoms. The molecule has 6 aromatic rings. The van der Waals surface area contributed by atoms with Crippen molar-refractivity contribution in [2.24, 2.45) is 0 Å². The SMILES string of the molecule is CCCCC(=O)Nc1cncc(-c2cnc3[nH]nc(-c4cc5c(-c6ccc(C(C)=O)s6)cncc5[nH]4)c3c2)c1. The second-order valence-electron chi connectivity index (χ2n) is 9.36. The molecule has 0 saturated heterocycles. The van der Waals surface area contributed by atoms with Gasteiger partial charge in [-0.2, -0.15) is 5.10 Å². The molecule has 0 aliphatic heterocycles. The van der Waals surface area contributed by atoms with Crippen LogP contribution < -0.4 is 5.32 Å². The standard InChI is InChI=1S/C29H25N7O2S/c1-3-4-5-27(38)33-19-8-17(11-30-13-19)18-9-21-28(35-36-29(21)32-12-18)23-10-20-22(14-31-15-24(20)34-23)26-7-6-25(39-26)16(2)37/h6-15,34H,3-5H2,1-2H3,(H,33,38)(H,32,35,36). The van der Waals surface area contributed by atoms with Gasteiger partial charge in [-0.3, -0.25) is 24.7 Å². The molecule has 0 aromatic carbocycles. The first-order valence-corrected chi connectivity index (χ1v) is 13.5. The maximum atomic E-state index is 12.2. The Hall–Kier alpha value is -4.70. The zero-order valence-electron chi connectivity index (χ0n) is 21.4. The number of carbonyl (C=O) groups is 2. The summed E-state index contributed by atoms with van der Waals surface area (Å²) in [6.45, 7) is 3.63. The zero-order valence-corrected chi connectivity index (χ0v) is 22.2. The molecule has 10 heteroatoms. The van der Waals surface area contributed by atoms with Crippen LogP contribution in [-0.4, -0.2) is 41.8 Å². The Bertz CT molecular complexity index is 1850. The number of nitrogens with zero attached hydrogens (tertiary/aromatic N) is 4. The van der Waals surface area contributed by atoms with Gasteiger partial charge in [0.15, 0.2) is 11.4 Å².